The summed E-state index contributed by atoms with van der Waals surface area (Å²) < 4.78 is 5.27. The third-order valence-corrected chi connectivity index (χ3v) is 4.53. The molecule has 112 valence electrons. The Labute approximate surface area is 130 Å². The number of alkyl halides is 1. The molecule has 0 radical (unpaired) electrons. The number of anilines is 1. The highest BCUT2D eigenvalue weighted by Gasteiger charge is 2.22. The Morgan fingerprint density at radius 2 is 2.05 bits per heavy atom. The first-order valence-corrected chi connectivity index (χ1v) is 8.03. The van der Waals surface area contributed by atoms with Crippen LogP contribution in [0.1, 0.15) is 18.4 Å². The molecule has 1 aliphatic rings. The monoisotopic (exact) mass is 304 g/mol. The van der Waals surface area contributed by atoms with Crippen LogP contribution >= 0.6 is 11.6 Å². The standard InChI is InChI=1S/C17H21ClN2O/c1-21-12-13-6-8-20(9-7-13)17-15(11-18)10-14-4-2-3-5-16(14)19-17/h2-5,10,13H,6-9,11-12H2,1H3. The molecule has 3 nitrogen and oxygen atoms in total. The van der Waals surface area contributed by atoms with E-state index in [-0.39, 0.29) is 0 Å². The molecule has 1 aliphatic heterocycles. The number of hydrogen-bond acceptors (Lipinski definition) is 3. The van der Waals surface area contributed by atoms with E-state index in [0.717, 1.165) is 54.8 Å². The maximum absolute atomic E-state index is 6.14. The number of para-hydroxylation sites is 1. The summed E-state index contributed by atoms with van der Waals surface area (Å²) >= 11 is 6.14. The van der Waals surface area contributed by atoms with Crippen molar-refractivity contribution in [2.75, 3.05) is 31.7 Å². The van der Waals surface area contributed by atoms with Crippen LogP contribution in [0.15, 0.2) is 30.3 Å². The smallest absolute Gasteiger partial charge is 0.133 e. The van der Waals surface area contributed by atoms with Gasteiger partial charge in [0, 0.05) is 37.8 Å². The van der Waals surface area contributed by atoms with Gasteiger partial charge in [-0.3, -0.25) is 0 Å². The largest absolute Gasteiger partial charge is 0.384 e. The maximum atomic E-state index is 6.14. The summed E-state index contributed by atoms with van der Waals surface area (Å²) in [6.45, 7) is 2.92. The molecule has 0 spiro atoms. The quantitative estimate of drug-likeness (QED) is 0.803. The van der Waals surface area contributed by atoms with Crippen LogP contribution in [-0.4, -0.2) is 31.8 Å². The molecule has 2 heterocycles. The van der Waals surface area contributed by atoms with Crippen molar-refractivity contribution in [2.45, 2.75) is 18.7 Å². The average molecular weight is 305 g/mol. The fourth-order valence-corrected chi connectivity index (χ4v) is 3.27. The van der Waals surface area contributed by atoms with Crippen molar-refractivity contribution in [1.82, 2.24) is 4.98 Å². The Hall–Kier alpha value is -1.32. The molecule has 1 saturated heterocycles. The van der Waals surface area contributed by atoms with Gasteiger partial charge in [-0.25, -0.2) is 4.98 Å². The molecule has 0 aliphatic carbocycles. The molecule has 0 amide bonds. The predicted molar refractivity (Wildman–Crippen MR) is 88.1 cm³/mol. The van der Waals surface area contributed by atoms with E-state index in [1.54, 1.807) is 7.11 Å². The van der Waals surface area contributed by atoms with Crippen molar-refractivity contribution < 1.29 is 4.74 Å². The molecule has 21 heavy (non-hydrogen) atoms. The molecule has 4 heteroatoms. The van der Waals surface area contributed by atoms with Gasteiger partial charge in [-0.1, -0.05) is 18.2 Å². The summed E-state index contributed by atoms with van der Waals surface area (Å²) in [6, 6.07) is 10.4. The van der Waals surface area contributed by atoms with Crippen LogP contribution in [0, 0.1) is 5.92 Å². The molecule has 0 atom stereocenters. The van der Waals surface area contributed by atoms with Gasteiger partial charge in [0.25, 0.3) is 0 Å². The number of piperidine rings is 1. The lowest BCUT2D eigenvalue weighted by atomic mass is 9.97. The van der Waals surface area contributed by atoms with Crippen molar-refractivity contribution in [3.05, 3.63) is 35.9 Å². The number of pyridine rings is 1. The van der Waals surface area contributed by atoms with Crippen molar-refractivity contribution in [2.24, 2.45) is 5.92 Å². The van der Waals surface area contributed by atoms with Crippen molar-refractivity contribution in [1.29, 1.82) is 0 Å². The highest BCUT2D eigenvalue weighted by Crippen LogP contribution is 2.28. The van der Waals surface area contributed by atoms with Crippen molar-refractivity contribution >= 4 is 28.3 Å². The minimum atomic E-state index is 0.505. The summed E-state index contributed by atoms with van der Waals surface area (Å²) in [7, 11) is 1.78. The van der Waals surface area contributed by atoms with E-state index in [1.165, 1.54) is 0 Å². The number of rotatable bonds is 4. The predicted octanol–water partition coefficient (Wildman–Crippen LogP) is 3.84. The van der Waals surface area contributed by atoms with Gasteiger partial charge < -0.3 is 9.64 Å². The second kappa shape index (κ2) is 6.63. The van der Waals surface area contributed by atoms with Crippen LogP contribution in [0.4, 0.5) is 5.82 Å². The molecule has 1 fully saturated rings. The first-order chi connectivity index (χ1) is 10.3. The van der Waals surface area contributed by atoms with Crippen LogP contribution in [0.2, 0.25) is 0 Å². The van der Waals surface area contributed by atoms with E-state index >= 15 is 0 Å². The lowest BCUT2D eigenvalue weighted by Gasteiger charge is -2.33. The third-order valence-electron chi connectivity index (χ3n) is 4.24. The number of fused-ring (bicyclic) bond motifs is 1. The second-order valence-electron chi connectivity index (χ2n) is 5.68. The fourth-order valence-electron chi connectivity index (χ4n) is 3.07. The Bertz CT molecular complexity index is 609. The number of benzene rings is 1. The van der Waals surface area contributed by atoms with Gasteiger partial charge in [0.15, 0.2) is 0 Å². The zero-order chi connectivity index (χ0) is 14.7. The maximum Gasteiger partial charge on any atom is 0.133 e. The first-order valence-electron chi connectivity index (χ1n) is 7.50. The Morgan fingerprint density at radius 3 is 2.76 bits per heavy atom. The number of halogens is 1. The van der Waals surface area contributed by atoms with E-state index in [1.807, 2.05) is 12.1 Å². The first kappa shape index (κ1) is 14.6. The number of hydrogen-bond donors (Lipinski definition) is 0. The Balaban J connectivity index is 1.86. The fraction of sp³-hybridized carbons (Fsp3) is 0.471. The molecule has 1 aromatic carbocycles. The molecule has 0 N–H and O–H groups in total. The zero-order valence-electron chi connectivity index (χ0n) is 12.4. The van der Waals surface area contributed by atoms with E-state index in [2.05, 4.69) is 23.1 Å². The van der Waals surface area contributed by atoms with Crippen LogP contribution < -0.4 is 4.90 Å². The molecule has 2 aromatic rings. The van der Waals surface area contributed by atoms with Gasteiger partial charge in [0.1, 0.15) is 5.82 Å². The summed E-state index contributed by atoms with van der Waals surface area (Å²) in [4.78, 5) is 7.22. The molecule has 3 rings (SSSR count). The summed E-state index contributed by atoms with van der Waals surface area (Å²) in [5.74, 6) is 2.23. The lowest BCUT2D eigenvalue weighted by Crippen LogP contribution is -2.36. The number of methoxy groups -OCH3 is 1. The van der Waals surface area contributed by atoms with E-state index in [9.17, 15) is 0 Å². The zero-order valence-corrected chi connectivity index (χ0v) is 13.1. The van der Waals surface area contributed by atoms with Crippen LogP contribution in [0.5, 0.6) is 0 Å². The highest BCUT2D eigenvalue weighted by atomic mass is 35.5. The molecule has 0 saturated carbocycles. The van der Waals surface area contributed by atoms with Gasteiger partial charge in [-0.2, -0.15) is 0 Å². The second-order valence-corrected chi connectivity index (χ2v) is 5.95. The normalized spacial score (nSPS) is 16.6. The van der Waals surface area contributed by atoms with E-state index in [4.69, 9.17) is 21.3 Å². The van der Waals surface area contributed by atoms with Crippen molar-refractivity contribution in [3.8, 4) is 0 Å². The summed E-state index contributed by atoms with van der Waals surface area (Å²) in [6.07, 6.45) is 2.31. The van der Waals surface area contributed by atoms with Crippen LogP contribution in [0.3, 0.4) is 0 Å². The van der Waals surface area contributed by atoms with E-state index < -0.39 is 0 Å². The Morgan fingerprint density at radius 1 is 1.29 bits per heavy atom. The highest BCUT2D eigenvalue weighted by molar-refractivity contribution is 6.17. The number of aromatic nitrogens is 1. The number of nitrogens with zero attached hydrogens (tertiary/aromatic N) is 2. The van der Waals surface area contributed by atoms with Crippen molar-refractivity contribution in [3.63, 3.8) is 0 Å². The SMILES string of the molecule is COCC1CCN(c2nc3ccccc3cc2CCl)CC1. The topological polar surface area (TPSA) is 25.4 Å². The molecule has 0 unspecified atom stereocenters. The van der Waals surface area contributed by atoms with Gasteiger partial charge in [-0.05, 0) is 30.9 Å². The third kappa shape index (κ3) is 3.14. The molecule has 1 aromatic heterocycles. The van der Waals surface area contributed by atoms with Gasteiger partial charge in [0.05, 0.1) is 11.4 Å². The minimum absolute atomic E-state index is 0.505. The molecule has 0 bridgehead atoms. The van der Waals surface area contributed by atoms with Crippen LogP contribution in [-0.2, 0) is 10.6 Å². The molecular weight excluding hydrogens is 284 g/mol. The summed E-state index contributed by atoms with van der Waals surface area (Å²) in [5, 5.41) is 1.16. The van der Waals surface area contributed by atoms with Gasteiger partial charge >= 0.3 is 0 Å². The van der Waals surface area contributed by atoms with E-state index in [0.29, 0.717) is 11.8 Å². The lowest BCUT2D eigenvalue weighted by molar-refractivity contribution is 0.139. The minimum Gasteiger partial charge on any atom is -0.384 e. The molecular formula is C17H21ClN2O. The Kier molecular flexibility index (Phi) is 4.61. The summed E-state index contributed by atoms with van der Waals surface area (Å²) in [5.41, 5.74) is 2.17. The van der Waals surface area contributed by atoms with Gasteiger partial charge in [0.2, 0.25) is 0 Å². The van der Waals surface area contributed by atoms with Gasteiger partial charge in [-0.15, -0.1) is 11.6 Å². The van der Waals surface area contributed by atoms with Crippen LogP contribution in [0.25, 0.3) is 10.9 Å². The number of ether oxygens (including phenoxy) is 1. The average Bonchev–Trinajstić information content (AvgIpc) is 2.54.